The molecule has 6 heteroatoms. The average Bonchev–Trinajstić information content (AvgIpc) is 2.15. The lowest BCUT2D eigenvalue weighted by Crippen LogP contribution is -2.42. The summed E-state index contributed by atoms with van der Waals surface area (Å²) >= 11 is 0. The number of nitrogens with zero attached hydrogens (tertiary/aromatic N) is 1. The fraction of sp³-hybridized carbons (Fsp3) is 0.667. The molecule has 1 aliphatic rings. The van der Waals surface area contributed by atoms with Crippen LogP contribution in [0, 0.1) is 0 Å². The summed E-state index contributed by atoms with van der Waals surface area (Å²) in [5.74, 6) is -1.47. The van der Waals surface area contributed by atoms with Gasteiger partial charge in [-0.1, -0.05) is 0 Å². The lowest BCUT2D eigenvalue weighted by atomic mass is 10.1. The summed E-state index contributed by atoms with van der Waals surface area (Å²) in [7, 11) is 0. The highest BCUT2D eigenvalue weighted by molar-refractivity contribution is 5.97. The number of carboxylic acids is 1. The van der Waals surface area contributed by atoms with Gasteiger partial charge in [0, 0.05) is 12.8 Å². The first kappa shape index (κ1) is 11.6. The van der Waals surface area contributed by atoms with Gasteiger partial charge >= 0.3 is 5.97 Å². The van der Waals surface area contributed by atoms with E-state index in [0.717, 1.165) is 4.90 Å². The third kappa shape index (κ3) is 3.67. The molecule has 6 nitrogen and oxygen atoms in total. The van der Waals surface area contributed by atoms with E-state index in [9.17, 15) is 14.4 Å². The molecule has 0 spiro atoms. The number of carbonyl (C=O) groups excluding carboxylic acids is 2. The summed E-state index contributed by atoms with van der Waals surface area (Å²) in [4.78, 5) is 33.8. The van der Waals surface area contributed by atoms with Crippen LogP contribution in [0.15, 0.2) is 0 Å². The second-order valence-corrected chi connectivity index (χ2v) is 3.24. The van der Waals surface area contributed by atoms with E-state index in [1.165, 1.54) is 0 Å². The van der Waals surface area contributed by atoms with Crippen LogP contribution in [0.1, 0.15) is 19.3 Å². The van der Waals surface area contributed by atoms with Crippen molar-refractivity contribution in [1.82, 2.24) is 4.90 Å². The van der Waals surface area contributed by atoms with Gasteiger partial charge in [-0.2, -0.15) is 0 Å². The van der Waals surface area contributed by atoms with Crippen molar-refractivity contribution in [3.05, 3.63) is 0 Å². The number of aliphatic carboxylic acids is 1. The van der Waals surface area contributed by atoms with Crippen LogP contribution in [0.25, 0.3) is 0 Å². The predicted octanol–water partition coefficient (Wildman–Crippen LogP) is -0.373. The van der Waals surface area contributed by atoms with Crippen LogP contribution in [0.2, 0.25) is 0 Å². The second kappa shape index (κ2) is 5.45. The smallest absolute Gasteiger partial charge is 0.329 e. The molecule has 1 saturated heterocycles. The summed E-state index contributed by atoms with van der Waals surface area (Å²) in [6, 6.07) is 0. The minimum Gasteiger partial charge on any atom is -0.480 e. The van der Waals surface area contributed by atoms with E-state index in [1.54, 1.807) is 0 Å². The van der Waals surface area contributed by atoms with Crippen LogP contribution in [-0.4, -0.2) is 47.5 Å². The molecule has 1 heterocycles. The van der Waals surface area contributed by atoms with Crippen molar-refractivity contribution in [3.63, 3.8) is 0 Å². The Morgan fingerprint density at radius 3 is 2.47 bits per heavy atom. The fourth-order valence-corrected chi connectivity index (χ4v) is 1.36. The summed E-state index contributed by atoms with van der Waals surface area (Å²) in [6.45, 7) is -0.190. The first-order valence-corrected chi connectivity index (χ1v) is 4.74. The van der Waals surface area contributed by atoms with Gasteiger partial charge in [-0.25, -0.2) is 4.79 Å². The van der Waals surface area contributed by atoms with Gasteiger partial charge in [-0.3, -0.25) is 14.5 Å². The van der Waals surface area contributed by atoms with Crippen molar-refractivity contribution in [3.8, 4) is 0 Å². The number of piperidine rings is 1. The van der Waals surface area contributed by atoms with Gasteiger partial charge in [0.15, 0.2) is 0 Å². The van der Waals surface area contributed by atoms with Crippen LogP contribution in [0.5, 0.6) is 0 Å². The van der Waals surface area contributed by atoms with Crippen LogP contribution >= 0.6 is 0 Å². The quantitative estimate of drug-likeness (QED) is 0.499. The minimum atomic E-state index is -1.06. The number of amides is 2. The molecule has 1 fully saturated rings. The molecular formula is C9H13NO5. The molecule has 0 unspecified atom stereocenters. The first-order valence-electron chi connectivity index (χ1n) is 4.74. The van der Waals surface area contributed by atoms with E-state index in [4.69, 9.17) is 9.84 Å². The summed E-state index contributed by atoms with van der Waals surface area (Å²) in [5.41, 5.74) is 0. The number of likely N-dealkylation sites (tertiary alicyclic amines) is 1. The van der Waals surface area contributed by atoms with Crippen LogP contribution in [-0.2, 0) is 19.1 Å². The largest absolute Gasteiger partial charge is 0.480 e. The molecule has 0 aliphatic carbocycles. The molecule has 2 amide bonds. The van der Waals surface area contributed by atoms with Crippen molar-refractivity contribution in [2.75, 3.05) is 19.8 Å². The summed E-state index contributed by atoms with van der Waals surface area (Å²) in [6.07, 6.45) is 1.36. The van der Waals surface area contributed by atoms with Crippen molar-refractivity contribution in [1.29, 1.82) is 0 Å². The van der Waals surface area contributed by atoms with Gasteiger partial charge < -0.3 is 9.84 Å². The fourth-order valence-electron chi connectivity index (χ4n) is 1.36. The number of imide groups is 1. The Morgan fingerprint density at radius 1 is 1.33 bits per heavy atom. The monoisotopic (exact) mass is 215 g/mol. The molecule has 0 aromatic rings. The van der Waals surface area contributed by atoms with Crippen LogP contribution in [0.4, 0.5) is 0 Å². The maximum absolute atomic E-state index is 11.3. The van der Waals surface area contributed by atoms with Crippen LogP contribution < -0.4 is 0 Å². The van der Waals surface area contributed by atoms with E-state index in [2.05, 4.69) is 0 Å². The molecule has 0 saturated carbocycles. The van der Waals surface area contributed by atoms with Crippen molar-refractivity contribution in [2.45, 2.75) is 19.3 Å². The molecule has 0 radical (unpaired) electrons. The molecule has 1 N–H and O–H groups in total. The Balaban J connectivity index is 2.26. The SMILES string of the molecule is O=C(O)COCCN1C(=O)CCCC1=O. The highest BCUT2D eigenvalue weighted by atomic mass is 16.5. The van der Waals surface area contributed by atoms with Gasteiger partial charge in [0.2, 0.25) is 11.8 Å². The van der Waals surface area contributed by atoms with E-state index in [0.29, 0.717) is 19.3 Å². The Hall–Kier alpha value is -1.43. The maximum Gasteiger partial charge on any atom is 0.329 e. The summed E-state index contributed by atoms with van der Waals surface area (Å²) in [5, 5.41) is 8.28. The third-order valence-corrected chi connectivity index (χ3v) is 2.07. The first-order chi connectivity index (χ1) is 7.11. The summed E-state index contributed by atoms with van der Waals surface area (Å²) < 4.78 is 4.75. The van der Waals surface area contributed by atoms with Gasteiger partial charge in [0.05, 0.1) is 13.2 Å². The van der Waals surface area contributed by atoms with E-state index in [1.807, 2.05) is 0 Å². The van der Waals surface area contributed by atoms with Crippen molar-refractivity contribution in [2.24, 2.45) is 0 Å². The number of hydrogen-bond donors (Lipinski definition) is 1. The highest BCUT2D eigenvalue weighted by Crippen LogP contribution is 2.11. The number of ether oxygens (including phenoxy) is 1. The molecule has 15 heavy (non-hydrogen) atoms. The van der Waals surface area contributed by atoms with Gasteiger partial charge in [0.25, 0.3) is 0 Å². The Bertz CT molecular complexity index is 260. The van der Waals surface area contributed by atoms with E-state index in [-0.39, 0.29) is 25.0 Å². The average molecular weight is 215 g/mol. The lowest BCUT2D eigenvalue weighted by Gasteiger charge is -2.24. The molecule has 1 rings (SSSR count). The molecule has 0 aromatic carbocycles. The van der Waals surface area contributed by atoms with Gasteiger partial charge in [-0.05, 0) is 6.42 Å². The van der Waals surface area contributed by atoms with E-state index < -0.39 is 12.6 Å². The topological polar surface area (TPSA) is 83.9 Å². The molecule has 1 aliphatic heterocycles. The standard InChI is InChI=1S/C9H13NO5/c11-7-2-1-3-8(12)10(7)4-5-15-6-9(13)14/h1-6H2,(H,13,14). The zero-order valence-electron chi connectivity index (χ0n) is 8.27. The molecule has 0 atom stereocenters. The normalized spacial score (nSPS) is 16.9. The van der Waals surface area contributed by atoms with E-state index >= 15 is 0 Å². The van der Waals surface area contributed by atoms with Gasteiger partial charge in [0.1, 0.15) is 6.61 Å². The number of hydrogen-bond acceptors (Lipinski definition) is 4. The number of rotatable bonds is 5. The molecule has 0 bridgehead atoms. The van der Waals surface area contributed by atoms with Gasteiger partial charge in [-0.15, -0.1) is 0 Å². The zero-order chi connectivity index (χ0) is 11.3. The molecule has 84 valence electrons. The number of carbonyl (C=O) groups is 3. The Labute approximate surface area is 86.8 Å². The zero-order valence-corrected chi connectivity index (χ0v) is 8.27. The highest BCUT2D eigenvalue weighted by Gasteiger charge is 2.25. The predicted molar refractivity (Wildman–Crippen MR) is 49.0 cm³/mol. The lowest BCUT2D eigenvalue weighted by molar-refractivity contribution is -0.149. The Morgan fingerprint density at radius 2 is 1.93 bits per heavy atom. The molecular weight excluding hydrogens is 202 g/mol. The second-order valence-electron chi connectivity index (χ2n) is 3.24. The third-order valence-electron chi connectivity index (χ3n) is 2.07. The maximum atomic E-state index is 11.3. The van der Waals surface area contributed by atoms with Crippen molar-refractivity contribution >= 4 is 17.8 Å². The molecule has 0 aromatic heterocycles. The van der Waals surface area contributed by atoms with Crippen LogP contribution in [0.3, 0.4) is 0 Å². The number of carboxylic acid groups (broad SMARTS) is 1. The Kier molecular flexibility index (Phi) is 4.23. The van der Waals surface area contributed by atoms with Crippen molar-refractivity contribution < 1.29 is 24.2 Å². The minimum absolute atomic E-state index is 0.0732.